The Balaban J connectivity index is 0.000000187. The molecular formula is C5H5NO2Ti. The van der Waals surface area contributed by atoms with Crippen molar-refractivity contribution < 1.29 is 25.7 Å². The maximum absolute atomic E-state index is 8.50. The molecule has 0 bridgehead atoms. The van der Waals surface area contributed by atoms with Crippen molar-refractivity contribution in [3.63, 3.8) is 0 Å². The van der Waals surface area contributed by atoms with Crippen LogP contribution in [0.4, 0.5) is 0 Å². The van der Waals surface area contributed by atoms with Crippen LogP contribution in [0.15, 0.2) is 30.6 Å². The Morgan fingerprint density at radius 2 is 1.44 bits per heavy atom. The van der Waals surface area contributed by atoms with Crippen molar-refractivity contribution in [1.82, 2.24) is 4.98 Å². The Morgan fingerprint density at radius 3 is 1.56 bits per heavy atom. The monoisotopic (exact) mass is 159 g/mol. The van der Waals surface area contributed by atoms with Crippen LogP contribution in [0.5, 0.6) is 0 Å². The zero-order chi connectivity index (χ0) is 6.95. The van der Waals surface area contributed by atoms with Crippen LogP contribution in [0.2, 0.25) is 0 Å². The van der Waals surface area contributed by atoms with E-state index in [4.69, 9.17) is 6.65 Å². The largest absolute Gasteiger partial charge is 0.265 e. The SMILES string of the molecule is [O]=[Ti]=[O].c1ccncc1. The summed E-state index contributed by atoms with van der Waals surface area (Å²) in [6.45, 7) is 0. The molecule has 0 radical (unpaired) electrons. The normalized spacial score (nSPS) is 6.22. The fourth-order valence-corrected chi connectivity index (χ4v) is 0.313. The van der Waals surface area contributed by atoms with Crippen molar-refractivity contribution in [2.24, 2.45) is 0 Å². The van der Waals surface area contributed by atoms with Gasteiger partial charge in [0, 0.05) is 12.4 Å². The summed E-state index contributed by atoms with van der Waals surface area (Å²) in [6, 6.07) is 5.72. The van der Waals surface area contributed by atoms with E-state index in [1.54, 1.807) is 12.4 Å². The topological polar surface area (TPSA) is 47.0 Å². The standard InChI is InChI=1S/C5H5N.2O.Ti/c1-2-4-6-5-3-1;;;/h1-5H;;;. The summed E-state index contributed by atoms with van der Waals surface area (Å²) >= 11 is -2.00. The zero-order valence-corrected chi connectivity index (χ0v) is 6.21. The van der Waals surface area contributed by atoms with Gasteiger partial charge in [-0.1, -0.05) is 6.07 Å². The molecular weight excluding hydrogens is 154 g/mol. The van der Waals surface area contributed by atoms with Gasteiger partial charge in [0.1, 0.15) is 0 Å². The Bertz CT molecular complexity index is 145. The first-order valence-electron chi connectivity index (χ1n) is 2.26. The van der Waals surface area contributed by atoms with E-state index in [-0.39, 0.29) is 0 Å². The van der Waals surface area contributed by atoms with Crippen molar-refractivity contribution in [2.45, 2.75) is 0 Å². The Labute approximate surface area is 61.7 Å². The molecule has 0 N–H and O–H groups in total. The van der Waals surface area contributed by atoms with E-state index in [0.29, 0.717) is 0 Å². The van der Waals surface area contributed by atoms with Gasteiger partial charge >= 0.3 is 25.7 Å². The molecule has 3 nitrogen and oxygen atoms in total. The third-order valence-electron chi connectivity index (χ3n) is 0.566. The van der Waals surface area contributed by atoms with Crippen LogP contribution < -0.4 is 0 Å². The Hall–Kier alpha value is -0.536. The number of hydrogen-bond acceptors (Lipinski definition) is 3. The molecule has 1 rings (SSSR count). The van der Waals surface area contributed by atoms with Crippen LogP contribution in [-0.2, 0) is 25.7 Å². The molecule has 0 aliphatic heterocycles. The van der Waals surface area contributed by atoms with Crippen LogP contribution in [0.25, 0.3) is 0 Å². The zero-order valence-electron chi connectivity index (χ0n) is 4.65. The molecule has 0 aliphatic rings. The number of pyridine rings is 1. The summed E-state index contributed by atoms with van der Waals surface area (Å²) in [5, 5.41) is 0. The molecule has 0 unspecified atom stereocenters. The van der Waals surface area contributed by atoms with Crippen molar-refractivity contribution in [1.29, 1.82) is 0 Å². The van der Waals surface area contributed by atoms with Crippen molar-refractivity contribution in [3.8, 4) is 0 Å². The molecule has 0 saturated carbocycles. The van der Waals surface area contributed by atoms with Gasteiger partial charge in [-0.2, -0.15) is 0 Å². The van der Waals surface area contributed by atoms with E-state index in [2.05, 4.69) is 4.98 Å². The molecule has 0 atom stereocenters. The van der Waals surface area contributed by atoms with E-state index in [0.717, 1.165) is 0 Å². The second-order valence-electron chi connectivity index (χ2n) is 1.11. The van der Waals surface area contributed by atoms with Gasteiger partial charge in [0.05, 0.1) is 0 Å². The van der Waals surface area contributed by atoms with Gasteiger partial charge in [0.2, 0.25) is 0 Å². The number of hydrogen-bond donors (Lipinski definition) is 0. The van der Waals surface area contributed by atoms with Gasteiger partial charge in [0.15, 0.2) is 0 Å². The van der Waals surface area contributed by atoms with Crippen molar-refractivity contribution >= 4 is 0 Å². The maximum atomic E-state index is 8.50. The van der Waals surface area contributed by atoms with E-state index in [1.807, 2.05) is 18.2 Å². The molecule has 1 aromatic rings. The molecule has 0 aromatic carbocycles. The van der Waals surface area contributed by atoms with Gasteiger partial charge in [-0.05, 0) is 12.1 Å². The van der Waals surface area contributed by atoms with Crippen LogP contribution in [0.3, 0.4) is 0 Å². The third kappa shape index (κ3) is 7.46. The Kier molecular flexibility index (Phi) is 7.02. The minimum Gasteiger partial charge on any atom is -0.265 e. The van der Waals surface area contributed by atoms with Gasteiger partial charge < -0.3 is 0 Å². The number of nitrogens with zero attached hydrogens (tertiary/aromatic N) is 1. The van der Waals surface area contributed by atoms with Crippen LogP contribution in [-0.4, -0.2) is 4.98 Å². The van der Waals surface area contributed by atoms with Crippen molar-refractivity contribution in [3.05, 3.63) is 30.6 Å². The molecule has 0 aliphatic carbocycles. The quantitative estimate of drug-likeness (QED) is 0.527. The fraction of sp³-hybridized carbons (Fsp3) is 0. The first-order chi connectivity index (χ1) is 4.41. The molecule has 1 heterocycles. The first-order valence-corrected chi connectivity index (χ1v) is 3.53. The van der Waals surface area contributed by atoms with E-state index >= 15 is 0 Å². The molecule has 0 amide bonds. The third-order valence-corrected chi connectivity index (χ3v) is 0.566. The summed E-state index contributed by atoms with van der Waals surface area (Å²) in [7, 11) is 0. The second-order valence-corrected chi connectivity index (χ2v) is 1.37. The molecule has 0 saturated heterocycles. The first kappa shape index (κ1) is 8.46. The van der Waals surface area contributed by atoms with E-state index < -0.39 is 19.1 Å². The van der Waals surface area contributed by atoms with Crippen molar-refractivity contribution in [2.75, 3.05) is 0 Å². The minimum atomic E-state index is -2.00. The molecule has 4 heteroatoms. The number of rotatable bonds is 0. The summed E-state index contributed by atoms with van der Waals surface area (Å²) in [6.07, 6.45) is 3.50. The molecule has 1 aromatic heterocycles. The summed E-state index contributed by atoms with van der Waals surface area (Å²) in [4.78, 5) is 3.78. The van der Waals surface area contributed by atoms with Gasteiger partial charge in [0.25, 0.3) is 0 Å². The molecule has 46 valence electrons. The predicted octanol–water partition coefficient (Wildman–Crippen LogP) is 0.841. The summed E-state index contributed by atoms with van der Waals surface area (Å²) in [5.41, 5.74) is 0. The van der Waals surface area contributed by atoms with Gasteiger partial charge in [-0.3, -0.25) is 4.98 Å². The van der Waals surface area contributed by atoms with Crippen LogP contribution >= 0.6 is 0 Å². The second kappa shape index (κ2) is 7.46. The van der Waals surface area contributed by atoms with Gasteiger partial charge in [-0.25, -0.2) is 0 Å². The van der Waals surface area contributed by atoms with Crippen LogP contribution in [0, 0.1) is 0 Å². The number of aromatic nitrogens is 1. The average Bonchev–Trinajstić information content (AvgIpc) is 1.93. The summed E-state index contributed by atoms with van der Waals surface area (Å²) < 4.78 is 17.0. The average molecular weight is 159 g/mol. The van der Waals surface area contributed by atoms with E-state index in [1.165, 1.54) is 0 Å². The summed E-state index contributed by atoms with van der Waals surface area (Å²) in [5.74, 6) is 0. The molecule has 9 heavy (non-hydrogen) atoms. The fourth-order valence-electron chi connectivity index (χ4n) is 0.313. The van der Waals surface area contributed by atoms with Crippen LogP contribution in [0.1, 0.15) is 0 Å². The van der Waals surface area contributed by atoms with Gasteiger partial charge in [-0.15, -0.1) is 0 Å². The maximum Gasteiger partial charge on any atom is 0.0267 e. The predicted molar refractivity (Wildman–Crippen MR) is 25.6 cm³/mol. The minimum absolute atomic E-state index is 1.75. The Morgan fingerprint density at radius 1 is 1.00 bits per heavy atom. The smallest absolute Gasteiger partial charge is 0.0267 e. The molecule has 0 fully saturated rings. The molecule has 0 spiro atoms. The van der Waals surface area contributed by atoms with E-state index in [9.17, 15) is 0 Å².